The number of carbonyl (C=O) groups excluding carboxylic acids is 1. The Bertz CT molecular complexity index is 828. The van der Waals surface area contributed by atoms with Gasteiger partial charge in [0.1, 0.15) is 5.75 Å². The van der Waals surface area contributed by atoms with Crippen LogP contribution in [0.15, 0.2) is 65.2 Å². The normalized spacial score (nSPS) is 10.4. The van der Waals surface area contributed by atoms with Gasteiger partial charge in [-0.3, -0.25) is 4.79 Å². The second-order valence-corrected chi connectivity index (χ2v) is 5.61. The van der Waals surface area contributed by atoms with Crippen LogP contribution in [0.1, 0.15) is 17.9 Å². The van der Waals surface area contributed by atoms with Crippen molar-refractivity contribution in [2.24, 2.45) is 0 Å². The molecular weight excluding hydrogens is 316 g/mol. The van der Waals surface area contributed by atoms with E-state index in [1.54, 1.807) is 13.3 Å². The third-order valence-electron chi connectivity index (χ3n) is 3.81. The molecule has 0 atom stereocenters. The Labute approximate surface area is 146 Å². The van der Waals surface area contributed by atoms with E-state index in [-0.39, 0.29) is 5.91 Å². The minimum atomic E-state index is -0.0232. The maximum atomic E-state index is 12.0. The number of nitrogens with zero attached hydrogens (tertiary/aromatic N) is 1. The molecule has 0 aliphatic heterocycles. The van der Waals surface area contributed by atoms with Gasteiger partial charge >= 0.3 is 0 Å². The Morgan fingerprint density at radius 3 is 2.80 bits per heavy atom. The summed E-state index contributed by atoms with van der Waals surface area (Å²) in [7, 11) is 1.62. The molecule has 0 unspecified atom stereocenters. The molecule has 1 heterocycles. The molecule has 0 bridgehead atoms. The number of nitrogens with one attached hydrogen (secondary N) is 1. The number of aromatic nitrogens is 1. The zero-order chi connectivity index (χ0) is 17.5. The van der Waals surface area contributed by atoms with Crippen LogP contribution in [0.4, 0.5) is 0 Å². The highest BCUT2D eigenvalue weighted by Gasteiger charge is 2.09. The number of hydrogen-bond donors (Lipinski definition) is 1. The third kappa shape index (κ3) is 4.70. The number of oxazole rings is 1. The van der Waals surface area contributed by atoms with E-state index < -0.39 is 0 Å². The van der Waals surface area contributed by atoms with Gasteiger partial charge in [0, 0.05) is 24.9 Å². The number of hydrogen-bond acceptors (Lipinski definition) is 4. The lowest BCUT2D eigenvalue weighted by molar-refractivity contribution is -0.121. The fraction of sp³-hybridized carbons (Fsp3) is 0.200. The highest BCUT2D eigenvalue weighted by molar-refractivity contribution is 5.76. The van der Waals surface area contributed by atoms with Crippen LogP contribution in [0.3, 0.4) is 0 Å². The van der Waals surface area contributed by atoms with Crippen molar-refractivity contribution in [3.05, 3.63) is 72.2 Å². The van der Waals surface area contributed by atoms with Gasteiger partial charge in [-0.15, -0.1) is 0 Å². The minimum absolute atomic E-state index is 0.0232. The Morgan fingerprint density at radius 1 is 1.16 bits per heavy atom. The number of aryl methyl sites for hydroxylation is 1. The largest absolute Gasteiger partial charge is 0.497 e. The van der Waals surface area contributed by atoms with E-state index in [1.165, 1.54) is 0 Å². The summed E-state index contributed by atoms with van der Waals surface area (Å²) in [5, 5.41) is 2.90. The quantitative estimate of drug-likeness (QED) is 0.716. The molecule has 0 spiro atoms. The second kappa shape index (κ2) is 8.15. The molecule has 2 aromatic carbocycles. The Hall–Kier alpha value is -3.08. The molecule has 0 saturated heterocycles. The van der Waals surface area contributed by atoms with Gasteiger partial charge in [0.25, 0.3) is 0 Å². The van der Waals surface area contributed by atoms with Crippen LogP contribution in [0.5, 0.6) is 5.75 Å². The summed E-state index contributed by atoms with van der Waals surface area (Å²) in [6.45, 7) is 0.528. The number of rotatable bonds is 7. The van der Waals surface area contributed by atoms with Crippen LogP contribution >= 0.6 is 0 Å². The molecule has 1 N–H and O–H groups in total. The summed E-state index contributed by atoms with van der Waals surface area (Å²) in [4.78, 5) is 16.2. The minimum Gasteiger partial charge on any atom is -0.497 e. The molecular formula is C20H20N2O3. The van der Waals surface area contributed by atoms with Gasteiger partial charge in [-0.25, -0.2) is 4.98 Å². The number of ether oxygens (including phenoxy) is 1. The average molecular weight is 336 g/mol. The van der Waals surface area contributed by atoms with Crippen molar-refractivity contribution in [2.75, 3.05) is 7.11 Å². The predicted octanol–water partition coefficient (Wildman–Crippen LogP) is 3.60. The topological polar surface area (TPSA) is 64.4 Å². The van der Waals surface area contributed by atoms with Crippen molar-refractivity contribution in [3.8, 4) is 17.1 Å². The molecule has 0 radical (unpaired) electrons. The van der Waals surface area contributed by atoms with Crippen LogP contribution in [0, 0.1) is 0 Å². The van der Waals surface area contributed by atoms with Gasteiger partial charge in [-0.2, -0.15) is 0 Å². The molecule has 3 aromatic rings. The summed E-state index contributed by atoms with van der Waals surface area (Å²) in [5.74, 6) is 1.95. The van der Waals surface area contributed by atoms with E-state index in [0.29, 0.717) is 31.0 Å². The van der Waals surface area contributed by atoms with Gasteiger partial charge in [0.2, 0.25) is 5.91 Å². The molecule has 0 saturated carbocycles. The van der Waals surface area contributed by atoms with E-state index in [9.17, 15) is 4.79 Å². The fourth-order valence-electron chi connectivity index (χ4n) is 2.44. The number of methoxy groups -OCH3 is 1. The van der Waals surface area contributed by atoms with Crippen molar-refractivity contribution in [2.45, 2.75) is 19.4 Å². The fourth-order valence-corrected chi connectivity index (χ4v) is 2.44. The van der Waals surface area contributed by atoms with Crippen molar-refractivity contribution < 1.29 is 13.9 Å². The lowest BCUT2D eigenvalue weighted by Gasteiger charge is -2.04. The Balaban J connectivity index is 1.52. The van der Waals surface area contributed by atoms with Crippen molar-refractivity contribution in [3.63, 3.8) is 0 Å². The molecule has 25 heavy (non-hydrogen) atoms. The molecule has 0 aliphatic carbocycles. The first-order chi connectivity index (χ1) is 12.2. The van der Waals surface area contributed by atoms with E-state index in [4.69, 9.17) is 9.15 Å². The number of carbonyl (C=O) groups is 1. The van der Waals surface area contributed by atoms with Crippen LogP contribution in [-0.4, -0.2) is 18.0 Å². The van der Waals surface area contributed by atoms with Crippen molar-refractivity contribution >= 4 is 5.91 Å². The summed E-state index contributed by atoms with van der Waals surface area (Å²) in [6, 6.07) is 17.4. The Morgan fingerprint density at radius 2 is 2.00 bits per heavy atom. The first-order valence-electron chi connectivity index (χ1n) is 8.14. The van der Waals surface area contributed by atoms with E-state index >= 15 is 0 Å². The molecule has 1 amide bonds. The van der Waals surface area contributed by atoms with E-state index in [2.05, 4.69) is 10.3 Å². The van der Waals surface area contributed by atoms with Crippen molar-refractivity contribution in [1.82, 2.24) is 10.3 Å². The van der Waals surface area contributed by atoms with Crippen molar-refractivity contribution in [1.29, 1.82) is 0 Å². The van der Waals surface area contributed by atoms with Gasteiger partial charge in [-0.1, -0.05) is 42.5 Å². The highest BCUT2D eigenvalue weighted by atomic mass is 16.5. The SMILES string of the molecule is COc1cccc(-c2cnc(CCC(=O)NCc3ccccc3)o2)c1. The molecule has 128 valence electrons. The summed E-state index contributed by atoms with van der Waals surface area (Å²) in [5.41, 5.74) is 1.97. The van der Waals surface area contributed by atoms with Crippen LogP contribution in [-0.2, 0) is 17.8 Å². The summed E-state index contributed by atoms with van der Waals surface area (Å²) < 4.78 is 10.9. The first-order valence-corrected chi connectivity index (χ1v) is 8.14. The molecule has 0 aliphatic rings. The lowest BCUT2D eigenvalue weighted by atomic mass is 10.2. The zero-order valence-electron chi connectivity index (χ0n) is 14.1. The Kier molecular flexibility index (Phi) is 5.46. The number of benzene rings is 2. The molecule has 5 heteroatoms. The van der Waals surface area contributed by atoms with E-state index in [0.717, 1.165) is 16.9 Å². The molecule has 0 fully saturated rings. The van der Waals surface area contributed by atoms with Crippen LogP contribution in [0.2, 0.25) is 0 Å². The lowest BCUT2D eigenvalue weighted by Crippen LogP contribution is -2.22. The number of amides is 1. The van der Waals surface area contributed by atoms with Gasteiger partial charge in [-0.05, 0) is 17.7 Å². The zero-order valence-corrected chi connectivity index (χ0v) is 14.1. The van der Waals surface area contributed by atoms with E-state index in [1.807, 2.05) is 54.6 Å². The van der Waals surface area contributed by atoms with Gasteiger partial charge in [0.15, 0.2) is 11.7 Å². The van der Waals surface area contributed by atoms with Crippen LogP contribution < -0.4 is 10.1 Å². The second-order valence-electron chi connectivity index (χ2n) is 5.61. The monoisotopic (exact) mass is 336 g/mol. The van der Waals surface area contributed by atoms with Crippen LogP contribution in [0.25, 0.3) is 11.3 Å². The summed E-state index contributed by atoms with van der Waals surface area (Å²) in [6.07, 6.45) is 2.47. The molecule has 5 nitrogen and oxygen atoms in total. The maximum absolute atomic E-state index is 12.0. The molecule has 1 aromatic heterocycles. The predicted molar refractivity (Wildman–Crippen MR) is 95.1 cm³/mol. The standard InChI is InChI=1S/C20H20N2O3/c1-24-17-9-5-8-16(12-17)18-14-22-20(25-18)11-10-19(23)21-13-15-6-3-2-4-7-15/h2-9,12,14H,10-11,13H2,1H3,(H,21,23). The first kappa shape index (κ1) is 16.8. The molecule has 3 rings (SSSR count). The average Bonchev–Trinajstić information content (AvgIpc) is 3.15. The van der Waals surface area contributed by atoms with Gasteiger partial charge < -0.3 is 14.5 Å². The maximum Gasteiger partial charge on any atom is 0.220 e. The third-order valence-corrected chi connectivity index (χ3v) is 3.81. The summed E-state index contributed by atoms with van der Waals surface area (Å²) >= 11 is 0. The highest BCUT2D eigenvalue weighted by Crippen LogP contribution is 2.24. The van der Waals surface area contributed by atoms with Gasteiger partial charge in [0.05, 0.1) is 13.3 Å². The smallest absolute Gasteiger partial charge is 0.220 e.